The number of ether oxygens (including phenoxy) is 1. The molecule has 1 N–H and O–H groups in total. The van der Waals surface area contributed by atoms with E-state index in [0.717, 1.165) is 13.0 Å². The van der Waals surface area contributed by atoms with Gasteiger partial charge in [0.15, 0.2) is 0 Å². The summed E-state index contributed by atoms with van der Waals surface area (Å²) in [5.41, 5.74) is 0. The van der Waals surface area contributed by atoms with Gasteiger partial charge in [0.1, 0.15) is 6.17 Å². The molecule has 1 fully saturated rings. The van der Waals surface area contributed by atoms with Gasteiger partial charge in [0.25, 0.3) is 0 Å². The lowest BCUT2D eigenvalue weighted by Crippen LogP contribution is -2.20. The fourth-order valence-corrected chi connectivity index (χ4v) is 1.60. The molecule has 0 amide bonds. The van der Waals surface area contributed by atoms with Crippen LogP contribution in [0, 0.1) is 5.92 Å². The molecule has 0 aromatic carbocycles. The lowest BCUT2D eigenvalue weighted by Gasteiger charge is -2.15. The lowest BCUT2D eigenvalue weighted by molar-refractivity contribution is -0.142. The lowest BCUT2D eigenvalue weighted by atomic mass is 9.95. The minimum Gasteiger partial charge on any atom is -0.469 e. The minimum absolute atomic E-state index is 0.164. The first kappa shape index (κ1) is 10.4. The summed E-state index contributed by atoms with van der Waals surface area (Å²) in [6.07, 6.45) is 0.561. The quantitative estimate of drug-likeness (QED) is 0.655. The Kier molecular flexibility index (Phi) is 4.15. The van der Waals surface area contributed by atoms with E-state index < -0.39 is 6.17 Å². The number of carbonyl (C=O) groups excluding carboxylic acids is 1. The molecule has 0 spiro atoms. The fraction of sp³-hybridized carbons (Fsp3) is 0.889. The van der Waals surface area contributed by atoms with Gasteiger partial charge < -0.3 is 10.1 Å². The molecule has 0 saturated carbocycles. The molecule has 0 unspecified atom stereocenters. The maximum atomic E-state index is 13.4. The number of esters is 1. The van der Waals surface area contributed by atoms with E-state index in [1.54, 1.807) is 0 Å². The van der Waals surface area contributed by atoms with Crippen molar-refractivity contribution >= 4 is 5.97 Å². The second kappa shape index (κ2) is 5.17. The van der Waals surface area contributed by atoms with Crippen molar-refractivity contribution < 1.29 is 13.9 Å². The molecule has 4 heteroatoms. The van der Waals surface area contributed by atoms with Crippen LogP contribution in [0.4, 0.5) is 4.39 Å². The molecule has 0 aliphatic carbocycles. The molecule has 2 atom stereocenters. The van der Waals surface area contributed by atoms with E-state index in [1.165, 1.54) is 7.11 Å². The van der Waals surface area contributed by atoms with Gasteiger partial charge in [-0.1, -0.05) is 0 Å². The Labute approximate surface area is 77.6 Å². The van der Waals surface area contributed by atoms with E-state index in [1.807, 2.05) is 0 Å². The average molecular weight is 189 g/mol. The first-order valence-corrected chi connectivity index (χ1v) is 4.65. The van der Waals surface area contributed by atoms with Crippen LogP contribution in [0.2, 0.25) is 0 Å². The molecule has 0 bridgehead atoms. The number of rotatable bonds is 2. The highest BCUT2D eigenvalue weighted by molar-refractivity contribution is 5.69. The summed E-state index contributed by atoms with van der Waals surface area (Å²) in [5, 5.41) is 3.11. The molecule has 1 rings (SSSR count). The second-order valence-corrected chi connectivity index (χ2v) is 3.38. The van der Waals surface area contributed by atoms with Gasteiger partial charge in [0.05, 0.1) is 13.5 Å². The molecule has 13 heavy (non-hydrogen) atoms. The molecule has 1 saturated heterocycles. The van der Waals surface area contributed by atoms with Crippen LogP contribution in [0.25, 0.3) is 0 Å². The first-order valence-electron chi connectivity index (χ1n) is 4.65. The van der Waals surface area contributed by atoms with Gasteiger partial charge in [-0.25, -0.2) is 4.39 Å². The van der Waals surface area contributed by atoms with Crippen molar-refractivity contribution in [1.82, 2.24) is 5.32 Å². The van der Waals surface area contributed by atoms with Crippen molar-refractivity contribution in [3.05, 3.63) is 0 Å². The SMILES string of the molecule is COC(=O)C[C@H]1CCNCC[C@H]1F. The van der Waals surface area contributed by atoms with Crippen LogP contribution in [-0.2, 0) is 9.53 Å². The molecule has 1 aliphatic heterocycles. The number of methoxy groups -OCH3 is 1. The zero-order chi connectivity index (χ0) is 9.68. The normalized spacial score (nSPS) is 29.4. The van der Waals surface area contributed by atoms with E-state index >= 15 is 0 Å². The number of alkyl halides is 1. The Morgan fingerprint density at radius 1 is 1.54 bits per heavy atom. The van der Waals surface area contributed by atoms with Gasteiger partial charge in [-0.3, -0.25) is 4.79 Å². The van der Waals surface area contributed by atoms with Crippen molar-refractivity contribution in [2.45, 2.75) is 25.4 Å². The second-order valence-electron chi connectivity index (χ2n) is 3.38. The monoisotopic (exact) mass is 189 g/mol. The predicted octanol–water partition coefficient (Wildman–Crippen LogP) is 0.887. The molecule has 1 heterocycles. The van der Waals surface area contributed by atoms with Crippen molar-refractivity contribution in [2.24, 2.45) is 5.92 Å². The third-order valence-electron chi connectivity index (χ3n) is 2.46. The van der Waals surface area contributed by atoms with E-state index in [0.29, 0.717) is 13.0 Å². The summed E-state index contributed by atoms with van der Waals surface area (Å²) >= 11 is 0. The van der Waals surface area contributed by atoms with E-state index in [-0.39, 0.29) is 18.3 Å². The highest BCUT2D eigenvalue weighted by atomic mass is 19.1. The predicted molar refractivity (Wildman–Crippen MR) is 47.1 cm³/mol. The number of hydrogen-bond acceptors (Lipinski definition) is 3. The van der Waals surface area contributed by atoms with E-state index in [2.05, 4.69) is 10.1 Å². The Hall–Kier alpha value is -0.640. The first-order chi connectivity index (χ1) is 6.24. The molecule has 0 aromatic rings. The number of halogens is 1. The zero-order valence-electron chi connectivity index (χ0n) is 7.88. The maximum absolute atomic E-state index is 13.4. The smallest absolute Gasteiger partial charge is 0.305 e. The highest BCUT2D eigenvalue weighted by Gasteiger charge is 2.25. The fourth-order valence-electron chi connectivity index (χ4n) is 1.60. The Bertz CT molecular complexity index is 175. The van der Waals surface area contributed by atoms with Crippen LogP contribution >= 0.6 is 0 Å². The minimum atomic E-state index is -0.867. The Balaban J connectivity index is 2.40. The van der Waals surface area contributed by atoms with Crippen LogP contribution in [-0.4, -0.2) is 32.3 Å². The van der Waals surface area contributed by atoms with E-state index in [4.69, 9.17) is 0 Å². The van der Waals surface area contributed by atoms with Crippen molar-refractivity contribution in [1.29, 1.82) is 0 Å². The van der Waals surface area contributed by atoms with Crippen molar-refractivity contribution in [3.8, 4) is 0 Å². The van der Waals surface area contributed by atoms with Crippen LogP contribution in [0.5, 0.6) is 0 Å². The van der Waals surface area contributed by atoms with Crippen LogP contribution in [0.15, 0.2) is 0 Å². The van der Waals surface area contributed by atoms with E-state index in [9.17, 15) is 9.18 Å². The van der Waals surface area contributed by atoms with Gasteiger partial charge in [-0.15, -0.1) is 0 Å². The van der Waals surface area contributed by atoms with Gasteiger partial charge in [-0.05, 0) is 25.9 Å². The summed E-state index contributed by atoms with van der Waals surface area (Å²) in [6, 6.07) is 0. The molecular weight excluding hydrogens is 173 g/mol. The molecular formula is C9H16FNO2. The van der Waals surface area contributed by atoms with Gasteiger partial charge in [-0.2, -0.15) is 0 Å². The molecule has 3 nitrogen and oxygen atoms in total. The highest BCUT2D eigenvalue weighted by Crippen LogP contribution is 2.21. The summed E-state index contributed by atoms with van der Waals surface area (Å²) in [5.74, 6) is -0.475. The third-order valence-corrected chi connectivity index (χ3v) is 2.46. The van der Waals surface area contributed by atoms with Gasteiger partial charge in [0.2, 0.25) is 0 Å². The Morgan fingerprint density at radius 2 is 2.23 bits per heavy atom. The topological polar surface area (TPSA) is 38.3 Å². The Morgan fingerprint density at radius 3 is 2.92 bits per heavy atom. The van der Waals surface area contributed by atoms with Crippen molar-refractivity contribution in [2.75, 3.05) is 20.2 Å². The molecule has 76 valence electrons. The number of nitrogens with one attached hydrogen (secondary N) is 1. The third kappa shape index (κ3) is 3.30. The average Bonchev–Trinajstić information content (AvgIpc) is 2.32. The summed E-state index contributed by atoms with van der Waals surface area (Å²) in [7, 11) is 1.34. The molecule has 1 aliphatic rings. The van der Waals surface area contributed by atoms with Crippen LogP contribution in [0.3, 0.4) is 0 Å². The molecule has 0 aromatic heterocycles. The number of carbonyl (C=O) groups is 1. The van der Waals surface area contributed by atoms with Crippen LogP contribution in [0.1, 0.15) is 19.3 Å². The zero-order valence-corrected chi connectivity index (χ0v) is 7.88. The largest absolute Gasteiger partial charge is 0.469 e. The number of hydrogen-bond donors (Lipinski definition) is 1. The summed E-state index contributed by atoms with van der Waals surface area (Å²) in [6.45, 7) is 1.50. The van der Waals surface area contributed by atoms with Crippen molar-refractivity contribution in [3.63, 3.8) is 0 Å². The molecule has 0 radical (unpaired) electrons. The standard InChI is InChI=1S/C9H16FNO2/c1-13-9(12)6-7-2-4-11-5-3-8(7)10/h7-8,11H,2-6H2,1H3/t7-,8-/m1/s1. The van der Waals surface area contributed by atoms with Gasteiger partial charge in [0, 0.05) is 5.92 Å². The summed E-state index contributed by atoms with van der Waals surface area (Å²) in [4.78, 5) is 10.9. The summed E-state index contributed by atoms with van der Waals surface area (Å²) < 4.78 is 17.9. The van der Waals surface area contributed by atoms with Gasteiger partial charge >= 0.3 is 5.97 Å². The van der Waals surface area contributed by atoms with Crippen LogP contribution < -0.4 is 5.32 Å². The maximum Gasteiger partial charge on any atom is 0.305 e.